The summed E-state index contributed by atoms with van der Waals surface area (Å²) in [7, 11) is 2.12. The minimum absolute atomic E-state index is 0.664. The first kappa shape index (κ1) is 15.0. The van der Waals surface area contributed by atoms with Crippen LogP contribution in [0.15, 0.2) is 0 Å². The molecule has 2 nitrogen and oxygen atoms in total. The van der Waals surface area contributed by atoms with Crippen molar-refractivity contribution in [3.8, 4) is 0 Å². The first-order chi connectivity index (χ1) is 8.33. The summed E-state index contributed by atoms with van der Waals surface area (Å²) >= 11 is 0. The van der Waals surface area contributed by atoms with Crippen molar-refractivity contribution < 1.29 is 4.74 Å². The van der Waals surface area contributed by atoms with Gasteiger partial charge < -0.3 is 10.1 Å². The lowest BCUT2D eigenvalue weighted by molar-refractivity contribution is 0.101. The van der Waals surface area contributed by atoms with Gasteiger partial charge in [0.2, 0.25) is 0 Å². The molecule has 3 unspecified atom stereocenters. The van der Waals surface area contributed by atoms with Gasteiger partial charge in [-0.25, -0.2) is 0 Å². The van der Waals surface area contributed by atoms with Gasteiger partial charge in [-0.2, -0.15) is 0 Å². The molecule has 0 heterocycles. The maximum absolute atomic E-state index is 5.63. The Morgan fingerprint density at radius 2 is 1.94 bits per heavy atom. The predicted octanol–water partition coefficient (Wildman–Crippen LogP) is 3.61. The molecule has 1 aliphatic carbocycles. The van der Waals surface area contributed by atoms with Crippen LogP contribution in [-0.4, -0.2) is 26.3 Å². The monoisotopic (exact) mass is 241 g/mol. The number of nitrogens with one attached hydrogen (secondary N) is 1. The Bertz CT molecular complexity index is 184. The maximum Gasteiger partial charge on any atom is 0.0480 e. The molecule has 0 aromatic rings. The molecule has 1 fully saturated rings. The minimum Gasteiger partial charge on any atom is -0.381 e. The molecule has 0 spiro atoms. The van der Waals surface area contributed by atoms with Crippen molar-refractivity contribution in [3.63, 3.8) is 0 Å². The molecule has 17 heavy (non-hydrogen) atoms. The third-order valence-corrected chi connectivity index (χ3v) is 4.30. The number of hydrogen-bond acceptors (Lipinski definition) is 2. The molecule has 1 saturated carbocycles. The van der Waals surface area contributed by atoms with Crippen molar-refractivity contribution in [2.24, 2.45) is 11.8 Å². The van der Waals surface area contributed by atoms with E-state index in [2.05, 4.69) is 26.2 Å². The van der Waals surface area contributed by atoms with Crippen LogP contribution >= 0.6 is 0 Å². The summed E-state index contributed by atoms with van der Waals surface area (Å²) in [5.41, 5.74) is 0. The number of ether oxygens (including phenoxy) is 1. The van der Waals surface area contributed by atoms with Crippen LogP contribution in [0.3, 0.4) is 0 Å². The molecule has 0 bridgehead atoms. The van der Waals surface area contributed by atoms with Crippen LogP contribution in [0.2, 0.25) is 0 Å². The van der Waals surface area contributed by atoms with Gasteiger partial charge in [0.25, 0.3) is 0 Å². The van der Waals surface area contributed by atoms with Crippen LogP contribution in [-0.2, 0) is 4.74 Å². The van der Waals surface area contributed by atoms with Crippen molar-refractivity contribution in [2.45, 2.75) is 64.8 Å². The van der Waals surface area contributed by atoms with Gasteiger partial charge in [-0.1, -0.05) is 39.5 Å². The molecule has 1 N–H and O–H groups in total. The zero-order chi connectivity index (χ0) is 12.5. The Morgan fingerprint density at radius 3 is 2.59 bits per heavy atom. The zero-order valence-electron chi connectivity index (χ0n) is 12.0. The summed E-state index contributed by atoms with van der Waals surface area (Å²) < 4.78 is 5.63. The van der Waals surface area contributed by atoms with E-state index in [1.807, 2.05) is 0 Å². The van der Waals surface area contributed by atoms with Crippen LogP contribution in [0.5, 0.6) is 0 Å². The first-order valence-electron chi connectivity index (χ1n) is 7.58. The van der Waals surface area contributed by atoms with Gasteiger partial charge in [-0.15, -0.1) is 0 Å². The Balaban J connectivity index is 2.35. The lowest BCUT2D eigenvalue weighted by Gasteiger charge is -2.36. The van der Waals surface area contributed by atoms with Gasteiger partial charge in [0.15, 0.2) is 0 Å². The van der Waals surface area contributed by atoms with Crippen LogP contribution in [0, 0.1) is 11.8 Å². The molecule has 0 aliphatic heterocycles. The third kappa shape index (κ3) is 4.97. The van der Waals surface area contributed by atoms with E-state index in [1.54, 1.807) is 0 Å². The quantitative estimate of drug-likeness (QED) is 0.656. The highest BCUT2D eigenvalue weighted by Crippen LogP contribution is 2.35. The van der Waals surface area contributed by atoms with Gasteiger partial charge in [-0.3, -0.25) is 0 Å². The topological polar surface area (TPSA) is 21.3 Å². The Kier molecular flexibility index (Phi) is 7.87. The van der Waals surface area contributed by atoms with E-state index >= 15 is 0 Å². The van der Waals surface area contributed by atoms with Gasteiger partial charge >= 0.3 is 0 Å². The number of rotatable bonds is 8. The van der Waals surface area contributed by atoms with E-state index in [9.17, 15) is 0 Å². The van der Waals surface area contributed by atoms with Crippen LogP contribution < -0.4 is 5.32 Å². The fourth-order valence-corrected chi connectivity index (χ4v) is 3.30. The fraction of sp³-hybridized carbons (Fsp3) is 1.00. The summed E-state index contributed by atoms with van der Waals surface area (Å²) in [5, 5.41) is 3.53. The van der Waals surface area contributed by atoms with Gasteiger partial charge in [0.05, 0.1) is 0 Å². The lowest BCUT2D eigenvalue weighted by Crippen LogP contribution is -2.40. The zero-order valence-corrected chi connectivity index (χ0v) is 12.0. The van der Waals surface area contributed by atoms with Gasteiger partial charge in [-0.05, 0) is 38.1 Å². The van der Waals surface area contributed by atoms with Crippen molar-refractivity contribution in [1.29, 1.82) is 0 Å². The molecule has 0 aromatic carbocycles. The van der Waals surface area contributed by atoms with Crippen molar-refractivity contribution >= 4 is 0 Å². The molecule has 0 amide bonds. The Labute approximate surface area is 108 Å². The van der Waals surface area contributed by atoms with Crippen molar-refractivity contribution in [2.75, 3.05) is 20.3 Å². The molecule has 0 saturated heterocycles. The van der Waals surface area contributed by atoms with E-state index in [1.165, 1.54) is 38.5 Å². The Morgan fingerprint density at radius 1 is 1.18 bits per heavy atom. The largest absolute Gasteiger partial charge is 0.381 e. The summed E-state index contributed by atoms with van der Waals surface area (Å²) in [6, 6.07) is 0.664. The normalized spacial score (nSPS) is 27.0. The van der Waals surface area contributed by atoms with Crippen LogP contribution in [0.25, 0.3) is 0 Å². The smallest absolute Gasteiger partial charge is 0.0480 e. The SMILES string of the molecule is CCCOCCC(NC)C1CCCCC1CC. The second kappa shape index (κ2) is 8.93. The fourth-order valence-electron chi connectivity index (χ4n) is 3.30. The minimum atomic E-state index is 0.664. The van der Waals surface area contributed by atoms with E-state index in [4.69, 9.17) is 4.74 Å². The summed E-state index contributed by atoms with van der Waals surface area (Å²) in [4.78, 5) is 0. The average Bonchev–Trinajstić information content (AvgIpc) is 2.39. The highest BCUT2D eigenvalue weighted by molar-refractivity contribution is 4.83. The predicted molar refractivity (Wildman–Crippen MR) is 74.3 cm³/mol. The summed E-state index contributed by atoms with van der Waals surface area (Å²) in [6.45, 7) is 6.36. The summed E-state index contributed by atoms with van der Waals surface area (Å²) in [6.07, 6.45) is 9.38. The molecule has 2 heteroatoms. The lowest BCUT2D eigenvalue weighted by atomic mass is 9.73. The maximum atomic E-state index is 5.63. The summed E-state index contributed by atoms with van der Waals surface area (Å²) in [5.74, 6) is 1.82. The molecular formula is C15H31NO. The first-order valence-corrected chi connectivity index (χ1v) is 7.58. The standard InChI is InChI=1S/C15H31NO/c1-4-11-17-12-10-15(16-3)14-9-7-6-8-13(14)5-2/h13-16H,4-12H2,1-3H3. The van der Waals surface area contributed by atoms with Gasteiger partial charge in [0.1, 0.15) is 0 Å². The second-order valence-electron chi connectivity index (χ2n) is 5.41. The van der Waals surface area contributed by atoms with E-state index < -0.39 is 0 Å². The van der Waals surface area contributed by atoms with Crippen molar-refractivity contribution in [3.05, 3.63) is 0 Å². The van der Waals surface area contributed by atoms with Gasteiger partial charge in [0, 0.05) is 19.3 Å². The molecule has 1 rings (SSSR count). The average molecular weight is 241 g/mol. The van der Waals surface area contributed by atoms with Crippen molar-refractivity contribution in [1.82, 2.24) is 5.32 Å². The van der Waals surface area contributed by atoms with Crippen LogP contribution in [0.1, 0.15) is 58.8 Å². The Hall–Kier alpha value is -0.0800. The molecule has 102 valence electrons. The van der Waals surface area contributed by atoms with Crippen LogP contribution in [0.4, 0.5) is 0 Å². The van der Waals surface area contributed by atoms with E-state index in [0.717, 1.165) is 31.5 Å². The highest BCUT2D eigenvalue weighted by Gasteiger charge is 2.29. The third-order valence-electron chi connectivity index (χ3n) is 4.30. The van der Waals surface area contributed by atoms with E-state index in [0.29, 0.717) is 6.04 Å². The molecule has 3 atom stereocenters. The highest BCUT2D eigenvalue weighted by atomic mass is 16.5. The molecule has 0 radical (unpaired) electrons. The number of hydrogen-bond donors (Lipinski definition) is 1. The molecule has 1 aliphatic rings. The van der Waals surface area contributed by atoms with E-state index in [-0.39, 0.29) is 0 Å². The molecule has 0 aromatic heterocycles. The molecular weight excluding hydrogens is 210 g/mol. The second-order valence-corrected chi connectivity index (χ2v) is 5.41.